The fourth-order valence-corrected chi connectivity index (χ4v) is 1.30. The maximum Gasteiger partial charge on any atom is 0.437 e. The lowest BCUT2D eigenvalue weighted by molar-refractivity contribution is -0.220. The molecule has 0 amide bonds. The van der Waals surface area contributed by atoms with E-state index >= 15 is 0 Å². The molecule has 1 N–H and O–H groups in total. The summed E-state index contributed by atoms with van der Waals surface area (Å²) in [6.07, 6.45) is -6.77. The van der Waals surface area contributed by atoms with E-state index in [0.29, 0.717) is 5.56 Å². The zero-order valence-corrected chi connectivity index (χ0v) is 8.77. The van der Waals surface area contributed by atoms with E-state index in [-0.39, 0.29) is 18.1 Å². The van der Waals surface area contributed by atoms with Gasteiger partial charge in [0.2, 0.25) is 0 Å². The van der Waals surface area contributed by atoms with E-state index < -0.39 is 12.4 Å². The van der Waals surface area contributed by atoms with Gasteiger partial charge in [0, 0.05) is 5.56 Å². The molecule has 0 aromatic heterocycles. The molecule has 0 fully saturated rings. The molecule has 2 rings (SSSR count). The zero-order valence-electron chi connectivity index (χ0n) is 8.77. The molecule has 18 heavy (non-hydrogen) atoms. The van der Waals surface area contributed by atoms with Crippen LogP contribution in [-0.2, 0) is 9.63 Å². The normalized spacial score (nSPS) is 19.1. The third-order valence-electron chi connectivity index (χ3n) is 2.11. The van der Waals surface area contributed by atoms with Gasteiger partial charge in [-0.2, -0.15) is 13.2 Å². The van der Waals surface area contributed by atoms with Gasteiger partial charge in [0.25, 0.3) is 12.7 Å². The summed E-state index contributed by atoms with van der Waals surface area (Å²) in [5, 5.41) is 0. The predicted molar refractivity (Wildman–Crippen MR) is 53.7 cm³/mol. The van der Waals surface area contributed by atoms with Crippen LogP contribution in [0.5, 0.6) is 5.75 Å². The van der Waals surface area contributed by atoms with Crippen molar-refractivity contribution >= 4 is 12.3 Å². The summed E-state index contributed by atoms with van der Waals surface area (Å²) in [5.74, 6) is 0.246. The second-order valence-electron chi connectivity index (χ2n) is 3.33. The van der Waals surface area contributed by atoms with Gasteiger partial charge in [-0.3, -0.25) is 4.79 Å². The molecule has 8 heteroatoms. The van der Waals surface area contributed by atoms with E-state index in [4.69, 9.17) is 0 Å². The van der Waals surface area contributed by atoms with Gasteiger partial charge in [-0.05, 0) is 24.3 Å². The molecule has 1 atom stereocenters. The SMILES string of the molecule is O=COc1ccc(C2=NC(C(F)(F)F)ON2)cc1. The highest BCUT2D eigenvalue weighted by Gasteiger charge is 2.44. The summed E-state index contributed by atoms with van der Waals surface area (Å²) in [5.41, 5.74) is 2.49. The second kappa shape index (κ2) is 4.65. The molecule has 0 saturated heterocycles. The number of hydrogen-bond donors (Lipinski definition) is 1. The topological polar surface area (TPSA) is 59.9 Å². The van der Waals surface area contributed by atoms with Crippen molar-refractivity contribution in [1.82, 2.24) is 5.48 Å². The van der Waals surface area contributed by atoms with Crippen LogP contribution in [0, 0.1) is 0 Å². The van der Waals surface area contributed by atoms with Gasteiger partial charge in [-0.15, -0.1) is 0 Å². The van der Waals surface area contributed by atoms with Gasteiger partial charge in [-0.25, -0.2) is 15.3 Å². The number of alkyl halides is 3. The number of amidine groups is 1. The van der Waals surface area contributed by atoms with Crippen LogP contribution < -0.4 is 10.2 Å². The van der Waals surface area contributed by atoms with Crippen molar-refractivity contribution in [2.24, 2.45) is 4.99 Å². The van der Waals surface area contributed by atoms with Crippen molar-refractivity contribution in [1.29, 1.82) is 0 Å². The van der Waals surface area contributed by atoms with Crippen LogP contribution in [0.1, 0.15) is 5.56 Å². The Morgan fingerprint density at radius 3 is 2.50 bits per heavy atom. The van der Waals surface area contributed by atoms with Gasteiger partial charge in [0.05, 0.1) is 0 Å². The number of benzene rings is 1. The smallest absolute Gasteiger partial charge is 0.429 e. The molecule has 1 aliphatic rings. The molecule has 1 aliphatic heterocycles. The van der Waals surface area contributed by atoms with Gasteiger partial charge in [-0.1, -0.05) is 0 Å². The summed E-state index contributed by atoms with van der Waals surface area (Å²) >= 11 is 0. The maximum atomic E-state index is 12.3. The number of aliphatic imine (C=N–C) groups is 1. The lowest BCUT2D eigenvalue weighted by Gasteiger charge is -2.08. The summed E-state index contributed by atoms with van der Waals surface area (Å²) < 4.78 is 41.4. The lowest BCUT2D eigenvalue weighted by Crippen LogP contribution is -2.29. The fraction of sp³-hybridized carbons (Fsp3) is 0.200. The molecular formula is C10H7F3N2O3. The number of hydroxylamine groups is 1. The highest BCUT2D eigenvalue weighted by atomic mass is 19.4. The van der Waals surface area contributed by atoms with Crippen LogP contribution in [0.4, 0.5) is 13.2 Å². The van der Waals surface area contributed by atoms with Crippen LogP contribution in [0.2, 0.25) is 0 Å². The van der Waals surface area contributed by atoms with Crippen molar-refractivity contribution in [3.8, 4) is 5.75 Å². The van der Waals surface area contributed by atoms with Gasteiger partial charge in [0.1, 0.15) is 5.75 Å². The monoisotopic (exact) mass is 260 g/mol. The Morgan fingerprint density at radius 1 is 1.33 bits per heavy atom. The van der Waals surface area contributed by atoms with Crippen LogP contribution in [-0.4, -0.2) is 24.7 Å². The van der Waals surface area contributed by atoms with Crippen molar-refractivity contribution in [2.75, 3.05) is 0 Å². The van der Waals surface area contributed by atoms with Gasteiger partial charge < -0.3 is 4.74 Å². The van der Waals surface area contributed by atoms with Crippen molar-refractivity contribution < 1.29 is 27.5 Å². The molecule has 1 unspecified atom stereocenters. The Bertz CT molecular complexity index is 470. The number of hydrogen-bond acceptors (Lipinski definition) is 5. The molecule has 0 spiro atoms. The molecular weight excluding hydrogens is 253 g/mol. The molecule has 0 aliphatic carbocycles. The largest absolute Gasteiger partial charge is 0.437 e. The predicted octanol–water partition coefficient (Wildman–Crippen LogP) is 1.39. The van der Waals surface area contributed by atoms with E-state index in [1.807, 2.05) is 0 Å². The van der Waals surface area contributed by atoms with Crippen LogP contribution >= 0.6 is 0 Å². The highest BCUT2D eigenvalue weighted by Crippen LogP contribution is 2.26. The third-order valence-corrected chi connectivity index (χ3v) is 2.11. The van der Waals surface area contributed by atoms with Crippen LogP contribution in [0.3, 0.4) is 0 Å². The Labute approximate surface area is 99.2 Å². The van der Waals surface area contributed by atoms with E-state index in [1.54, 1.807) is 0 Å². The first kappa shape index (κ1) is 12.4. The summed E-state index contributed by atoms with van der Waals surface area (Å²) in [6, 6.07) is 5.75. The van der Waals surface area contributed by atoms with E-state index in [9.17, 15) is 18.0 Å². The molecule has 0 bridgehead atoms. The number of carbonyl (C=O) groups is 1. The van der Waals surface area contributed by atoms with E-state index in [1.165, 1.54) is 24.3 Å². The number of rotatable bonds is 3. The Hall–Kier alpha value is -2.09. The fourth-order valence-electron chi connectivity index (χ4n) is 1.30. The number of nitrogens with zero attached hydrogens (tertiary/aromatic N) is 1. The Balaban J connectivity index is 2.15. The van der Waals surface area contributed by atoms with Crippen molar-refractivity contribution in [3.63, 3.8) is 0 Å². The molecule has 1 heterocycles. The third kappa shape index (κ3) is 2.59. The highest BCUT2D eigenvalue weighted by molar-refractivity contribution is 5.98. The average molecular weight is 260 g/mol. The molecule has 0 radical (unpaired) electrons. The van der Waals surface area contributed by atoms with Crippen LogP contribution in [0.25, 0.3) is 0 Å². The number of carbonyl (C=O) groups excluding carboxylic acids is 1. The maximum absolute atomic E-state index is 12.3. The van der Waals surface area contributed by atoms with Gasteiger partial charge in [0.15, 0.2) is 5.84 Å². The molecule has 5 nitrogen and oxygen atoms in total. The van der Waals surface area contributed by atoms with Gasteiger partial charge >= 0.3 is 6.18 Å². The minimum atomic E-state index is -4.56. The Kier molecular flexibility index (Phi) is 3.19. The number of ether oxygens (including phenoxy) is 1. The van der Waals surface area contributed by atoms with E-state index in [0.717, 1.165) is 0 Å². The molecule has 0 saturated carbocycles. The Morgan fingerprint density at radius 2 is 2.00 bits per heavy atom. The minimum absolute atomic E-state index is 0.0324. The quantitative estimate of drug-likeness (QED) is 0.834. The number of halogens is 3. The average Bonchev–Trinajstić information content (AvgIpc) is 2.79. The lowest BCUT2D eigenvalue weighted by atomic mass is 10.2. The van der Waals surface area contributed by atoms with Crippen LogP contribution in [0.15, 0.2) is 29.3 Å². The first-order chi connectivity index (χ1) is 8.50. The first-order valence-electron chi connectivity index (χ1n) is 4.77. The summed E-state index contributed by atoms with van der Waals surface area (Å²) in [4.78, 5) is 17.7. The number of nitrogens with one attached hydrogen (secondary N) is 1. The van der Waals surface area contributed by atoms with Crippen molar-refractivity contribution in [3.05, 3.63) is 29.8 Å². The second-order valence-corrected chi connectivity index (χ2v) is 3.33. The first-order valence-corrected chi connectivity index (χ1v) is 4.77. The summed E-state index contributed by atoms with van der Waals surface area (Å²) in [6.45, 7) is 0.253. The van der Waals surface area contributed by atoms with Crippen molar-refractivity contribution in [2.45, 2.75) is 12.4 Å². The zero-order chi connectivity index (χ0) is 13.2. The summed E-state index contributed by atoms with van der Waals surface area (Å²) in [7, 11) is 0. The van der Waals surface area contributed by atoms with E-state index in [2.05, 4.69) is 20.0 Å². The molecule has 1 aromatic rings. The molecule has 96 valence electrons. The standard InChI is InChI=1S/C10H7F3N2O3/c11-10(12,13)9-14-8(15-18-9)6-1-3-7(4-2-6)17-5-16/h1-5,9H,(H,14,15). The minimum Gasteiger partial charge on any atom is -0.429 e. The molecule has 1 aromatic carbocycles.